The van der Waals surface area contributed by atoms with Crippen molar-refractivity contribution in [2.75, 3.05) is 10.6 Å². The number of carbonyl (C=O) groups is 3. The Labute approximate surface area is 286 Å². The highest BCUT2D eigenvalue weighted by atomic mass is 35.5. The van der Waals surface area contributed by atoms with Gasteiger partial charge in [-0.2, -0.15) is 0 Å². The number of benzene rings is 2. The standard InChI is InChI=1S/C36H46Cl2N4O5/c1-33(2,3)47-32(46)40-24-17-20(16-22(38)18-24)28-29(30(44)39-23-7-9-25(43)10-8-23)42-35(14-12-34(4,5)13-15-35)36(28)26-11-6-21(37)19-27(26)41-31(36)45/h6,11,16-19,23,25,28-29,42-43H,7-10,12-15H2,1-5H3,(H,39,44)(H,40,46)(H,41,45)/t23?,25?,28-,29+,36+/m0/s1. The summed E-state index contributed by atoms with van der Waals surface area (Å²) in [7, 11) is 0. The van der Waals surface area contributed by atoms with Gasteiger partial charge in [-0.1, -0.05) is 43.1 Å². The summed E-state index contributed by atoms with van der Waals surface area (Å²) in [5, 5.41) is 24.0. The number of amides is 3. The topological polar surface area (TPSA) is 129 Å². The van der Waals surface area contributed by atoms with E-state index in [1.165, 1.54) is 0 Å². The lowest BCUT2D eigenvalue weighted by atomic mass is 9.53. The Bertz CT molecular complexity index is 1570. The Kier molecular flexibility index (Phi) is 8.86. The Morgan fingerprint density at radius 1 is 0.957 bits per heavy atom. The van der Waals surface area contributed by atoms with Gasteiger partial charge in [0.2, 0.25) is 11.8 Å². The third-order valence-corrected chi connectivity index (χ3v) is 11.2. The van der Waals surface area contributed by atoms with Crippen LogP contribution < -0.4 is 21.3 Å². The van der Waals surface area contributed by atoms with E-state index in [1.807, 2.05) is 6.07 Å². The number of fused-ring (bicyclic) bond motifs is 3. The van der Waals surface area contributed by atoms with E-state index in [0.717, 1.165) is 18.4 Å². The van der Waals surface area contributed by atoms with Crippen LogP contribution in [-0.4, -0.2) is 52.3 Å². The first-order valence-electron chi connectivity index (χ1n) is 16.7. The van der Waals surface area contributed by atoms with Crippen molar-refractivity contribution in [3.63, 3.8) is 0 Å². The lowest BCUT2D eigenvalue weighted by molar-refractivity contribution is -0.125. The molecule has 2 spiro atoms. The predicted octanol–water partition coefficient (Wildman–Crippen LogP) is 7.04. The van der Waals surface area contributed by atoms with E-state index in [1.54, 1.807) is 51.1 Å². The molecule has 47 heavy (non-hydrogen) atoms. The van der Waals surface area contributed by atoms with Gasteiger partial charge in [0.05, 0.1) is 12.1 Å². The summed E-state index contributed by atoms with van der Waals surface area (Å²) >= 11 is 13.2. The molecule has 0 radical (unpaired) electrons. The highest BCUT2D eigenvalue weighted by Crippen LogP contribution is 2.64. The van der Waals surface area contributed by atoms with E-state index < -0.39 is 34.6 Å². The molecule has 1 saturated heterocycles. The van der Waals surface area contributed by atoms with E-state index in [-0.39, 0.29) is 29.4 Å². The van der Waals surface area contributed by atoms with E-state index in [0.29, 0.717) is 65.5 Å². The van der Waals surface area contributed by atoms with Crippen LogP contribution in [0.4, 0.5) is 16.2 Å². The van der Waals surface area contributed by atoms with Gasteiger partial charge in [-0.15, -0.1) is 0 Å². The number of anilines is 2. The third-order valence-electron chi connectivity index (χ3n) is 10.7. The van der Waals surface area contributed by atoms with Crippen molar-refractivity contribution in [2.45, 2.75) is 127 Å². The van der Waals surface area contributed by atoms with Gasteiger partial charge < -0.3 is 20.5 Å². The second kappa shape index (κ2) is 12.2. The van der Waals surface area contributed by atoms with Gasteiger partial charge in [-0.05, 0) is 119 Å². The van der Waals surface area contributed by atoms with Gasteiger partial charge in [0.15, 0.2) is 0 Å². The first-order valence-corrected chi connectivity index (χ1v) is 17.5. The second-order valence-corrected chi connectivity index (χ2v) is 16.6. The smallest absolute Gasteiger partial charge is 0.412 e. The highest BCUT2D eigenvalue weighted by Gasteiger charge is 2.72. The Balaban J connectivity index is 1.51. The van der Waals surface area contributed by atoms with Crippen LogP contribution in [0.25, 0.3) is 0 Å². The summed E-state index contributed by atoms with van der Waals surface area (Å²) in [5.41, 5.74) is -0.114. The van der Waals surface area contributed by atoms with Crippen molar-refractivity contribution in [3.8, 4) is 0 Å². The van der Waals surface area contributed by atoms with Gasteiger partial charge in [0.1, 0.15) is 11.0 Å². The number of carbonyl (C=O) groups excluding carboxylic acids is 3. The molecule has 2 aliphatic heterocycles. The van der Waals surface area contributed by atoms with Crippen molar-refractivity contribution in [1.82, 2.24) is 10.6 Å². The average molecular weight is 686 g/mol. The molecule has 254 valence electrons. The lowest BCUT2D eigenvalue weighted by Gasteiger charge is -2.50. The molecule has 2 saturated carbocycles. The van der Waals surface area contributed by atoms with Gasteiger partial charge in [-0.25, -0.2) is 4.79 Å². The summed E-state index contributed by atoms with van der Waals surface area (Å²) < 4.78 is 5.51. The maximum Gasteiger partial charge on any atom is 0.412 e. The van der Waals surface area contributed by atoms with Crippen molar-refractivity contribution in [3.05, 3.63) is 57.6 Å². The number of hydrogen-bond acceptors (Lipinski definition) is 6. The van der Waals surface area contributed by atoms with Crippen LogP contribution in [0, 0.1) is 5.41 Å². The second-order valence-electron chi connectivity index (χ2n) is 15.7. The molecular weight excluding hydrogens is 639 g/mol. The minimum absolute atomic E-state index is 0.0748. The largest absolute Gasteiger partial charge is 0.444 e. The fourth-order valence-electron chi connectivity index (χ4n) is 8.48. The summed E-state index contributed by atoms with van der Waals surface area (Å²) in [5.74, 6) is -1.09. The molecule has 5 N–H and O–H groups in total. The summed E-state index contributed by atoms with van der Waals surface area (Å²) in [4.78, 5) is 42.2. The van der Waals surface area contributed by atoms with Crippen molar-refractivity contribution >= 4 is 52.5 Å². The molecule has 2 aromatic carbocycles. The molecule has 3 atom stereocenters. The van der Waals surface area contributed by atoms with E-state index in [2.05, 4.69) is 35.1 Å². The minimum Gasteiger partial charge on any atom is -0.444 e. The quantitative estimate of drug-likeness (QED) is 0.235. The van der Waals surface area contributed by atoms with Crippen LogP contribution in [-0.2, 0) is 19.7 Å². The fourth-order valence-corrected chi connectivity index (χ4v) is 8.90. The van der Waals surface area contributed by atoms with Gasteiger partial charge in [-0.3, -0.25) is 20.2 Å². The Morgan fingerprint density at radius 3 is 2.30 bits per heavy atom. The SMILES string of the molecule is CC1(C)CCC2(CC1)N[C@@H](C(=O)NC1CCC(O)CC1)[C@H](c1cc(Cl)cc(NC(=O)OC(C)(C)C)c1)[C@]21C(=O)Nc2cc(Cl)ccc21. The zero-order valence-corrected chi connectivity index (χ0v) is 29.3. The zero-order chi connectivity index (χ0) is 33.9. The first kappa shape index (κ1) is 34.0. The Morgan fingerprint density at radius 2 is 1.64 bits per heavy atom. The molecule has 3 fully saturated rings. The normalized spacial score (nSPS) is 29.3. The molecule has 11 heteroatoms. The molecule has 9 nitrogen and oxygen atoms in total. The molecule has 2 aliphatic carbocycles. The molecule has 2 heterocycles. The number of rotatable bonds is 4. The lowest BCUT2D eigenvalue weighted by Crippen LogP contribution is -2.61. The van der Waals surface area contributed by atoms with Gasteiger partial charge in [0.25, 0.3) is 0 Å². The summed E-state index contributed by atoms with van der Waals surface area (Å²) in [6, 6.07) is 9.83. The van der Waals surface area contributed by atoms with Crippen molar-refractivity contribution in [1.29, 1.82) is 0 Å². The molecule has 2 aromatic rings. The van der Waals surface area contributed by atoms with Crippen LogP contribution in [0.3, 0.4) is 0 Å². The van der Waals surface area contributed by atoms with E-state index >= 15 is 0 Å². The molecular formula is C36H46Cl2N4O5. The highest BCUT2D eigenvalue weighted by molar-refractivity contribution is 6.31. The van der Waals surface area contributed by atoms with Crippen LogP contribution in [0.5, 0.6) is 0 Å². The molecule has 4 aliphatic rings. The summed E-state index contributed by atoms with van der Waals surface area (Å²) in [6.45, 7) is 9.85. The number of halogens is 2. The van der Waals surface area contributed by atoms with Crippen molar-refractivity contribution in [2.24, 2.45) is 5.41 Å². The Hall–Kier alpha value is -2.85. The molecule has 0 bridgehead atoms. The molecule has 0 unspecified atom stereocenters. The molecule has 6 rings (SSSR count). The average Bonchev–Trinajstić information content (AvgIpc) is 3.42. The van der Waals surface area contributed by atoms with Crippen LogP contribution in [0.2, 0.25) is 10.0 Å². The number of aliphatic hydroxyl groups excluding tert-OH is 1. The number of hydrogen-bond donors (Lipinski definition) is 5. The monoisotopic (exact) mass is 684 g/mol. The molecule has 3 amide bonds. The third kappa shape index (κ3) is 6.36. The van der Waals surface area contributed by atoms with E-state index in [9.17, 15) is 19.5 Å². The van der Waals surface area contributed by atoms with Crippen LogP contribution >= 0.6 is 23.2 Å². The van der Waals surface area contributed by atoms with E-state index in [4.69, 9.17) is 27.9 Å². The minimum atomic E-state index is -1.19. The predicted molar refractivity (Wildman–Crippen MR) is 184 cm³/mol. The maximum atomic E-state index is 14.8. The molecule has 0 aromatic heterocycles. The van der Waals surface area contributed by atoms with Crippen LogP contribution in [0.1, 0.15) is 103 Å². The van der Waals surface area contributed by atoms with Crippen LogP contribution in [0.15, 0.2) is 36.4 Å². The number of aliphatic hydroxyl groups is 1. The van der Waals surface area contributed by atoms with Gasteiger partial charge >= 0.3 is 6.09 Å². The first-order chi connectivity index (χ1) is 22.0. The van der Waals surface area contributed by atoms with Gasteiger partial charge in [0, 0.05) is 38.9 Å². The number of nitrogens with one attached hydrogen (secondary N) is 4. The maximum absolute atomic E-state index is 14.8. The fraction of sp³-hybridized carbons (Fsp3) is 0.583. The summed E-state index contributed by atoms with van der Waals surface area (Å²) in [6.07, 6.45) is 4.69. The zero-order valence-electron chi connectivity index (χ0n) is 27.8. The number of ether oxygens (including phenoxy) is 1. The van der Waals surface area contributed by atoms with Crippen molar-refractivity contribution < 1.29 is 24.2 Å².